The lowest BCUT2D eigenvalue weighted by atomic mass is 9.74. The molecule has 1 heteroatoms. The molecule has 2 N–H and O–H groups in total. The third kappa shape index (κ3) is 1.37. The summed E-state index contributed by atoms with van der Waals surface area (Å²) in [5.41, 5.74) is 10.3. The molecule has 0 bridgehead atoms. The summed E-state index contributed by atoms with van der Waals surface area (Å²) in [6.07, 6.45) is 2.46. The van der Waals surface area contributed by atoms with Crippen LogP contribution in [0.4, 0.5) is 0 Å². The van der Waals surface area contributed by atoms with Gasteiger partial charge in [-0.3, -0.25) is 0 Å². The molecule has 0 heterocycles. The highest BCUT2D eigenvalue weighted by Gasteiger charge is 2.29. The van der Waals surface area contributed by atoms with Crippen molar-refractivity contribution in [3.05, 3.63) is 34.9 Å². The van der Waals surface area contributed by atoms with E-state index in [9.17, 15) is 0 Å². The smallest absolute Gasteiger partial charge is 0.0108 e. The van der Waals surface area contributed by atoms with Crippen LogP contribution in [0.3, 0.4) is 0 Å². The fourth-order valence-electron chi connectivity index (χ4n) is 2.09. The van der Waals surface area contributed by atoms with Crippen molar-refractivity contribution in [3.63, 3.8) is 0 Å². The molecule has 1 aliphatic rings. The van der Waals surface area contributed by atoms with Crippen molar-refractivity contribution in [3.8, 4) is 0 Å². The molecule has 1 aromatic carbocycles. The first-order valence-electron chi connectivity index (χ1n) is 5.02. The summed E-state index contributed by atoms with van der Waals surface area (Å²) in [6.45, 7) is 4.37. The molecule has 70 valence electrons. The van der Waals surface area contributed by atoms with E-state index in [-0.39, 0.29) is 0 Å². The van der Waals surface area contributed by atoms with Gasteiger partial charge in [0.05, 0.1) is 0 Å². The topological polar surface area (TPSA) is 26.0 Å². The van der Waals surface area contributed by atoms with Gasteiger partial charge in [0.25, 0.3) is 0 Å². The second-order valence-electron chi connectivity index (χ2n) is 4.14. The number of rotatable bonds is 1. The molecule has 13 heavy (non-hydrogen) atoms. The van der Waals surface area contributed by atoms with E-state index in [1.165, 1.54) is 29.5 Å². The van der Waals surface area contributed by atoms with Gasteiger partial charge in [-0.1, -0.05) is 18.2 Å². The molecule has 0 amide bonds. The maximum Gasteiger partial charge on any atom is 0.0108 e. The minimum atomic E-state index is 0.403. The van der Waals surface area contributed by atoms with Crippen LogP contribution in [0.25, 0.3) is 0 Å². The molecule has 2 unspecified atom stereocenters. The van der Waals surface area contributed by atoms with Crippen molar-refractivity contribution in [2.24, 2.45) is 5.73 Å². The number of benzene rings is 1. The van der Waals surface area contributed by atoms with Crippen LogP contribution in [0.2, 0.25) is 0 Å². The molecule has 1 nitrogen and oxygen atoms in total. The lowest BCUT2D eigenvalue weighted by Crippen LogP contribution is -2.37. The summed E-state index contributed by atoms with van der Waals surface area (Å²) in [7, 11) is 0. The summed E-state index contributed by atoms with van der Waals surface area (Å²) in [5.74, 6) is 0.625. The first kappa shape index (κ1) is 8.76. The second-order valence-corrected chi connectivity index (χ2v) is 4.14. The van der Waals surface area contributed by atoms with Gasteiger partial charge in [0.15, 0.2) is 0 Å². The van der Waals surface area contributed by atoms with Gasteiger partial charge in [0, 0.05) is 6.04 Å². The Morgan fingerprint density at radius 2 is 2.00 bits per heavy atom. The largest absolute Gasteiger partial charge is 0.327 e. The Kier molecular flexibility index (Phi) is 2.12. The molecule has 0 aliphatic heterocycles. The first-order valence-corrected chi connectivity index (χ1v) is 5.02. The highest BCUT2D eigenvalue weighted by molar-refractivity contribution is 5.37. The first-order chi connectivity index (χ1) is 6.20. The van der Waals surface area contributed by atoms with E-state index in [0.717, 1.165) is 0 Å². The molecule has 0 saturated heterocycles. The zero-order chi connectivity index (χ0) is 9.42. The van der Waals surface area contributed by atoms with Crippen LogP contribution in [-0.4, -0.2) is 6.04 Å². The number of nitrogens with two attached hydrogens (primary N) is 1. The van der Waals surface area contributed by atoms with Gasteiger partial charge in [-0.05, 0) is 49.3 Å². The molecule has 1 aliphatic carbocycles. The van der Waals surface area contributed by atoms with Gasteiger partial charge < -0.3 is 5.73 Å². The van der Waals surface area contributed by atoms with Crippen molar-refractivity contribution in [2.75, 3.05) is 0 Å². The third-order valence-electron chi connectivity index (χ3n) is 3.37. The summed E-state index contributed by atoms with van der Waals surface area (Å²) in [4.78, 5) is 0. The molecule has 0 spiro atoms. The standard InChI is InChI=1S/C12H17N/c1-8-4-3-5-10(9(8)2)11-6-7-12(11)13/h3-5,11-12H,6-7,13H2,1-2H3. The van der Waals surface area contributed by atoms with Gasteiger partial charge >= 0.3 is 0 Å². The monoisotopic (exact) mass is 175 g/mol. The maximum absolute atomic E-state index is 5.97. The Hall–Kier alpha value is -0.820. The van der Waals surface area contributed by atoms with E-state index in [2.05, 4.69) is 32.0 Å². The van der Waals surface area contributed by atoms with E-state index in [4.69, 9.17) is 5.73 Å². The quantitative estimate of drug-likeness (QED) is 0.697. The highest BCUT2D eigenvalue weighted by atomic mass is 14.7. The normalized spacial score (nSPS) is 27.0. The van der Waals surface area contributed by atoms with E-state index in [1.54, 1.807) is 0 Å². The summed E-state index contributed by atoms with van der Waals surface area (Å²) in [5, 5.41) is 0. The predicted octanol–water partition coefficient (Wildman–Crippen LogP) is 2.51. The van der Waals surface area contributed by atoms with Crippen LogP contribution < -0.4 is 5.73 Å². The summed E-state index contributed by atoms with van der Waals surface area (Å²) >= 11 is 0. The van der Waals surface area contributed by atoms with Crippen molar-refractivity contribution >= 4 is 0 Å². The molecule has 0 aromatic heterocycles. The van der Waals surface area contributed by atoms with Crippen LogP contribution in [0.1, 0.15) is 35.4 Å². The van der Waals surface area contributed by atoms with Gasteiger partial charge in [0.2, 0.25) is 0 Å². The van der Waals surface area contributed by atoms with Crippen LogP contribution in [0, 0.1) is 13.8 Å². The lowest BCUT2D eigenvalue weighted by molar-refractivity contribution is 0.345. The van der Waals surface area contributed by atoms with E-state index in [1.807, 2.05) is 0 Å². The van der Waals surface area contributed by atoms with Crippen molar-refractivity contribution < 1.29 is 0 Å². The van der Waals surface area contributed by atoms with Crippen LogP contribution in [-0.2, 0) is 0 Å². The Morgan fingerprint density at radius 1 is 1.23 bits per heavy atom. The second kappa shape index (κ2) is 3.15. The van der Waals surface area contributed by atoms with E-state index >= 15 is 0 Å². The van der Waals surface area contributed by atoms with Crippen LogP contribution in [0.15, 0.2) is 18.2 Å². The fourth-order valence-corrected chi connectivity index (χ4v) is 2.09. The predicted molar refractivity (Wildman–Crippen MR) is 55.9 cm³/mol. The lowest BCUT2D eigenvalue weighted by Gasteiger charge is -2.35. The Morgan fingerprint density at radius 3 is 2.54 bits per heavy atom. The SMILES string of the molecule is Cc1cccc(C2CCC2N)c1C. The van der Waals surface area contributed by atoms with Gasteiger partial charge in [-0.2, -0.15) is 0 Å². The van der Waals surface area contributed by atoms with E-state index < -0.39 is 0 Å². The third-order valence-corrected chi connectivity index (χ3v) is 3.37. The Labute approximate surface area is 80.0 Å². The van der Waals surface area contributed by atoms with Gasteiger partial charge in [-0.15, -0.1) is 0 Å². The van der Waals surface area contributed by atoms with Crippen molar-refractivity contribution in [1.29, 1.82) is 0 Å². The van der Waals surface area contributed by atoms with E-state index in [0.29, 0.717) is 12.0 Å². The van der Waals surface area contributed by atoms with Crippen molar-refractivity contribution in [1.82, 2.24) is 0 Å². The van der Waals surface area contributed by atoms with Gasteiger partial charge in [0.1, 0.15) is 0 Å². The summed E-state index contributed by atoms with van der Waals surface area (Å²) in [6, 6.07) is 6.94. The maximum atomic E-state index is 5.97. The molecule has 2 rings (SSSR count). The van der Waals surface area contributed by atoms with Crippen LogP contribution in [0.5, 0.6) is 0 Å². The average molecular weight is 175 g/mol. The summed E-state index contributed by atoms with van der Waals surface area (Å²) < 4.78 is 0. The number of hydrogen-bond donors (Lipinski definition) is 1. The molecular weight excluding hydrogens is 158 g/mol. The zero-order valence-electron chi connectivity index (χ0n) is 8.38. The Bertz CT molecular complexity index is 317. The van der Waals surface area contributed by atoms with Gasteiger partial charge in [-0.25, -0.2) is 0 Å². The molecular formula is C12H17N. The molecule has 1 aromatic rings. The van der Waals surface area contributed by atoms with Crippen LogP contribution >= 0.6 is 0 Å². The minimum Gasteiger partial charge on any atom is -0.327 e. The highest BCUT2D eigenvalue weighted by Crippen LogP contribution is 2.37. The molecule has 1 saturated carbocycles. The van der Waals surface area contributed by atoms with Crippen molar-refractivity contribution in [2.45, 2.75) is 38.6 Å². The number of hydrogen-bond acceptors (Lipinski definition) is 1. The fraction of sp³-hybridized carbons (Fsp3) is 0.500. The number of aryl methyl sites for hydroxylation is 1. The molecule has 2 atom stereocenters. The molecule has 0 radical (unpaired) electrons. The average Bonchev–Trinajstić information content (AvgIpc) is 2.10. The Balaban J connectivity index is 2.34. The minimum absolute atomic E-state index is 0.403. The molecule has 1 fully saturated rings. The zero-order valence-corrected chi connectivity index (χ0v) is 8.38.